The van der Waals surface area contributed by atoms with E-state index in [0.29, 0.717) is 30.2 Å². The molecule has 3 rings (SSSR count). The summed E-state index contributed by atoms with van der Waals surface area (Å²) in [5, 5.41) is 3.01. The second kappa shape index (κ2) is 9.22. The van der Waals surface area contributed by atoms with E-state index in [-0.39, 0.29) is 23.7 Å². The molecule has 148 valence electrons. The number of anilines is 1. The maximum atomic E-state index is 12.8. The highest BCUT2D eigenvalue weighted by Crippen LogP contribution is 2.34. The Morgan fingerprint density at radius 3 is 2.67 bits per heavy atom. The molecule has 6 heteroatoms. The summed E-state index contributed by atoms with van der Waals surface area (Å²) in [5.41, 5.74) is 7.00. The van der Waals surface area contributed by atoms with Gasteiger partial charge in [-0.15, -0.1) is 0 Å². The van der Waals surface area contributed by atoms with Gasteiger partial charge in [0, 0.05) is 24.6 Å². The van der Waals surface area contributed by atoms with Gasteiger partial charge in [0.2, 0.25) is 5.91 Å². The van der Waals surface area contributed by atoms with Crippen molar-refractivity contribution in [2.45, 2.75) is 45.4 Å². The van der Waals surface area contributed by atoms with Gasteiger partial charge in [-0.3, -0.25) is 9.59 Å². The topological polar surface area (TPSA) is 84.7 Å². The van der Waals surface area contributed by atoms with E-state index in [0.717, 1.165) is 45.2 Å². The number of carbonyl (C=O) groups excluding carboxylic acids is 2. The average molecular weight is 373 g/mol. The van der Waals surface area contributed by atoms with Crippen molar-refractivity contribution in [3.8, 4) is 5.75 Å². The summed E-state index contributed by atoms with van der Waals surface area (Å²) in [4.78, 5) is 27.5. The molecule has 2 fully saturated rings. The van der Waals surface area contributed by atoms with Crippen molar-refractivity contribution in [3.05, 3.63) is 23.8 Å². The van der Waals surface area contributed by atoms with Crippen molar-refractivity contribution in [1.82, 2.24) is 4.90 Å². The molecular weight excluding hydrogens is 342 g/mol. The first kappa shape index (κ1) is 19.7. The number of nitrogens with one attached hydrogen (secondary N) is 1. The number of benzene rings is 1. The van der Waals surface area contributed by atoms with Crippen LogP contribution in [-0.2, 0) is 4.79 Å². The third kappa shape index (κ3) is 4.61. The summed E-state index contributed by atoms with van der Waals surface area (Å²) in [7, 11) is 0. The first-order chi connectivity index (χ1) is 13.1. The van der Waals surface area contributed by atoms with Crippen LogP contribution in [0.2, 0.25) is 0 Å². The van der Waals surface area contributed by atoms with E-state index in [4.69, 9.17) is 10.5 Å². The standard InChI is InChI=1S/C21H31N3O3/c1-2-27-19-10-9-15(21(26)24-11-4-3-5-12-24)13-18(19)23-20(25)17-8-6-7-16(17)14-22/h9-10,13,16-17H,2-8,11-12,14,22H2,1H3,(H,23,25)/t16-,17-/m1/s1. The first-order valence-corrected chi connectivity index (χ1v) is 10.2. The molecule has 3 N–H and O–H groups in total. The van der Waals surface area contributed by atoms with Gasteiger partial charge in [-0.25, -0.2) is 0 Å². The lowest BCUT2D eigenvalue weighted by Gasteiger charge is -2.27. The Kier molecular flexibility index (Phi) is 6.72. The summed E-state index contributed by atoms with van der Waals surface area (Å²) >= 11 is 0. The molecule has 0 aromatic heterocycles. The van der Waals surface area contributed by atoms with Crippen LogP contribution in [0.15, 0.2) is 18.2 Å². The minimum Gasteiger partial charge on any atom is -0.492 e. The molecule has 1 heterocycles. The largest absolute Gasteiger partial charge is 0.492 e. The van der Waals surface area contributed by atoms with Crippen molar-refractivity contribution >= 4 is 17.5 Å². The van der Waals surface area contributed by atoms with Gasteiger partial charge in [0.25, 0.3) is 5.91 Å². The predicted octanol–water partition coefficient (Wildman–Crippen LogP) is 3.02. The molecule has 27 heavy (non-hydrogen) atoms. The third-order valence-corrected chi connectivity index (χ3v) is 5.73. The number of likely N-dealkylation sites (tertiary alicyclic amines) is 1. The highest BCUT2D eigenvalue weighted by molar-refractivity contribution is 5.99. The van der Waals surface area contributed by atoms with E-state index in [1.807, 2.05) is 11.8 Å². The highest BCUT2D eigenvalue weighted by Gasteiger charge is 2.32. The Morgan fingerprint density at radius 1 is 1.19 bits per heavy atom. The third-order valence-electron chi connectivity index (χ3n) is 5.73. The second-order valence-electron chi connectivity index (χ2n) is 7.52. The molecule has 0 radical (unpaired) electrons. The zero-order chi connectivity index (χ0) is 19.2. The lowest BCUT2D eigenvalue weighted by Crippen LogP contribution is -2.35. The van der Waals surface area contributed by atoms with E-state index >= 15 is 0 Å². The molecule has 1 saturated carbocycles. The summed E-state index contributed by atoms with van der Waals surface area (Å²) < 4.78 is 5.67. The molecular formula is C21H31N3O3. The molecule has 0 unspecified atom stereocenters. The maximum Gasteiger partial charge on any atom is 0.253 e. The smallest absolute Gasteiger partial charge is 0.253 e. The number of carbonyl (C=O) groups is 2. The van der Waals surface area contributed by atoms with E-state index < -0.39 is 0 Å². The average Bonchev–Trinajstić information content (AvgIpc) is 3.18. The van der Waals surface area contributed by atoms with Gasteiger partial charge >= 0.3 is 0 Å². The Balaban J connectivity index is 1.79. The van der Waals surface area contributed by atoms with Crippen molar-refractivity contribution in [2.24, 2.45) is 17.6 Å². The van der Waals surface area contributed by atoms with Crippen LogP contribution in [0.4, 0.5) is 5.69 Å². The minimum absolute atomic E-state index is 0.0218. The fourth-order valence-corrected chi connectivity index (χ4v) is 4.21. The minimum atomic E-state index is -0.0640. The Morgan fingerprint density at radius 2 is 1.96 bits per heavy atom. The number of hydrogen-bond acceptors (Lipinski definition) is 4. The van der Waals surface area contributed by atoms with Crippen LogP contribution in [0.5, 0.6) is 5.75 Å². The summed E-state index contributed by atoms with van der Waals surface area (Å²) in [5.74, 6) is 0.772. The lowest BCUT2D eigenvalue weighted by molar-refractivity contribution is -0.120. The number of amides is 2. The molecule has 0 bridgehead atoms. The molecule has 6 nitrogen and oxygen atoms in total. The van der Waals surface area contributed by atoms with Crippen LogP contribution < -0.4 is 15.8 Å². The van der Waals surface area contributed by atoms with Gasteiger partial charge in [-0.1, -0.05) is 6.42 Å². The maximum absolute atomic E-state index is 12.8. The molecule has 1 saturated heterocycles. The van der Waals surface area contributed by atoms with Crippen molar-refractivity contribution < 1.29 is 14.3 Å². The van der Waals surface area contributed by atoms with Crippen LogP contribution in [0, 0.1) is 11.8 Å². The molecule has 1 aromatic rings. The molecule has 2 amide bonds. The van der Waals surface area contributed by atoms with Gasteiger partial charge in [-0.2, -0.15) is 0 Å². The number of rotatable bonds is 6. The summed E-state index contributed by atoms with van der Waals surface area (Å²) in [6.45, 7) is 4.53. The van der Waals surface area contributed by atoms with Crippen LogP contribution in [0.25, 0.3) is 0 Å². The first-order valence-electron chi connectivity index (χ1n) is 10.2. The normalized spacial score (nSPS) is 22.5. The zero-order valence-corrected chi connectivity index (χ0v) is 16.2. The monoisotopic (exact) mass is 373 g/mol. The Labute approximate surface area is 161 Å². The number of nitrogens with two attached hydrogens (primary N) is 1. The van der Waals surface area contributed by atoms with Crippen LogP contribution >= 0.6 is 0 Å². The fourth-order valence-electron chi connectivity index (χ4n) is 4.21. The van der Waals surface area contributed by atoms with Gasteiger partial charge in [0.15, 0.2) is 0 Å². The fraction of sp³-hybridized carbons (Fsp3) is 0.619. The lowest BCUT2D eigenvalue weighted by atomic mass is 9.95. The summed E-state index contributed by atoms with van der Waals surface area (Å²) in [6.07, 6.45) is 6.18. The van der Waals surface area contributed by atoms with Gasteiger partial charge < -0.3 is 20.7 Å². The predicted molar refractivity (Wildman–Crippen MR) is 106 cm³/mol. The number of hydrogen-bond donors (Lipinski definition) is 2. The Hall–Kier alpha value is -2.08. The van der Waals surface area contributed by atoms with Crippen molar-refractivity contribution in [1.29, 1.82) is 0 Å². The molecule has 0 spiro atoms. The van der Waals surface area contributed by atoms with Crippen LogP contribution in [0.3, 0.4) is 0 Å². The number of ether oxygens (including phenoxy) is 1. The van der Waals surface area contributed by atoms with Gasteiger partial charge in [0.05, 0.1) is 12.3 Å². The Bertz CT molecular complexity index is 671. The van der Waals surface area contributed by atoms with E-state index in [9.17, 15) is 9.59 Å². The van der Waals surface area contributed by atoms with Crippen LogP contribution in [-0.4, -0.2) is 43.0 Å². The van der Waals surface area contributed by atoms with Gasteiger partial charge in [0.1, 0.15) is 5.75 Å². The summed E-state index contributed by atoms with van der Waals surface area (Å²) in [6, 6.07) is 5.33. The van der Waals surface area contributed by atoms with Crippen LogP contribution in [0.1, 0.15) is 55.8 Å². The quantitative estimate of drug-likeness (QED) is 0.803. The van der Waals surface area contributed by atoms with Crippen molar-refractivity contribution in [2.75, 3.05) is 31.6 Å². The van der Waals surface area contributed by atoms with Gasteiger partial charge in [-0.05, 0) is 69.7 Å². The number of piperidine rings is 1. The molecule has 1 aliphatic heterocycles. The SMILES string of the molecule is CCOc1ccc(C(=O)N2CCCCC2)cc1NC(=O)[C@@H]1CCC[C@@H]1CN. The molecule has 2 atom stereocenters. The van der Waals surface area contributed by atoms with E-state index in [1.54, 1.807) is 18.2 Å². The van der Waals surface area contributed by atoms with E-state index in [2.05, 4.69) is 5.32 Å². The highest BCUT2D eigenvalue weighted by atomic mass is 16.5. The second-order valence-corrected chi connectivity index (χ2v) is 7.52. The van der Waals surface area contributed by atoms with E-state index in [1.165, 1.54) is 6.42 Å². The molecule has 1 aliphatic carbocycles. The van der Waals surface area contributed by atoms with Crippen molar-refractivity contribution in [3.63, 3.8) is 0 Å². The molecule has 1 aromatic carbocycles. The molecule has 2 aliphatic rings. The zero-order valence-electron chi connectivity index (χ0n) is 16.2. The number of nitrogens with zero attached hydrogens (tertiary/aromatic N) is 1.